The fourth-order valence-electron chi connectivity index (χ4n) is 4.22. The Bertz CT molecular complexity index is 865. The first-order valence-corrected chi connectivity index (χ1v) is 11.3. The maximum absolute atomic E-state index is 6.22. The summed E-state index contributed by atoms with van der Waals surface area (Å²) in [4.78, 5) is 6.88. The Balaban J connectivity index is 1.27. The van der Waals surface area contributed by atoms with Crippen molar-refractivity contribution in [3.8, 4) is 5.75 Å². The molecule has 6 heteroatoms. The molecule has 2 atom stereocenters. The smallest absolute Gasteiger partial charge is 0.191 e. The molecule has 0 aromatic heterocycles. The highest BCUT2D eigenvalue weighted by molar-refractivity contribution is 5.79. The molecule has 166 valence electrons. The van der Waals surface area contributed by atoms with Crippen LogP contribution in [0.4, 0.5) is 5.69 Å². The third-order valence-corrected chi connectivity index (χ3v) is 6.04. The van der Waals surface area contributed by atoms with Crippen molar-refractivity contribution in [1.29, 1.82) is 0 Å². The lowest BCUT2D eigenvalue weighted by molar-refractivity contribution is 0.140. The zero-order chi connectivity index (χ0) is 21.5. The number of aliphatic imine (C=N–C) groups is 1. The highest BCUT2D eigenvalue weighted by Crippen LogP contribution is 2.24. The number of ether oxygens (including phenoxy) is 2. The monoisotopic (exact) mass is 422 g/mol. The maximum Gasteiger partial charge on any atom is 0.191 e. The van der Waals surface area contributed by atoms with Crippen LogP contribution in [0.15, 0.2) is 53.5 Å². The van der Waals surface area contributed by atoms with E-state index < -0.39 is 0 Å². The highest BCUT2D eigenvalue weighted by Gasteiger charge is 2.23. The summed E-state index contributed by atoms with van der Waals surface area (Å²) >= 11 is 0. The highest BCUT2D eigenvalue weighted by atomic mass is 16.5. The van der Waals surface area contributed by atoms with Crippen LogP contribution in [0.25, 0.3) is 0 Å². The van der Waals surface area contributed by atoms with Gasteiger partial charge in [-0.3, -0.25) is 4.99 Å². The third kappa shape index (κ3) is 5.91. The van der Waals surface area contributed by atoms with Gasteiger partial charge in [-0.2, -0.15) is 0 Å². The van der Waals surface area contributed by atoms with Gasteiger partial charge in [-0.15, -0.1) is 0 Å². The molecule has 0 aliphatic carbocycles. The Morgan fingerprint density at radius 3 is 2.81 bits per heavy atom. The minimum Gasteiger partial charge on any atom is -0.488 e. The van der Waals surface area contributed by atoms with Crippen molar-refractivity contribution in [3.63, 3.8) is 0 Å². The van der Waals surface area contributed by atoms with Crippen LogP contribution in [-0.4, -0.2) is 52.0 Å². The second-order valence-electron chi connectivity index (χ2n) is 8.46. The number of nitrogens with zero attached hydrogens (tertiary/aromatic N) is 2. The molecule has 2 aliphatic heterocycles. The summed E-state index contributed by atoms with van der Waals surface area (Å²) in [5.74, 6) is 2.38. The van der Waals surface area contributed by atoms with Crippen molar-refractivity contribution < 1.29 is 9.47 Å². The molecule has 2 aliphatic rings. The molecule has 2 unspecified atom stereocenters. The van der Waals surface area contributed by atoms with Gasteiger partial charge in [-0.1, -0.05) is 30.3 Å². The number of para-hydroxylation sites is 1. The fourth-order valence-corrected chi connectivity index (χ4v) is 4.22. The average Bonchev–Trinajstić information content (AvgIpc) is 3.48. The molecule has 0 saturated carbocycles. The number of anilines is 1. The molecule has 0 amide bonds. The molecule has 4 rings (SSSR count). The van der Waals surface area contributed by atoms with Crippen LogP contribution in [0, 0.1) is 12.8 Å². The molecule has 2 aromatic carbocycles. The van der Waals surface area contributed by atoms with Crippen LogP contribution in [0.5, 0.6) is 5.75 Å². The van der Waals surface area contributed by atoms with Crippen LogP contribution in [0.3, 0.4) is 0 Å². The van der Waals surface area contributed by atoms with Crippen molar-refractivity contribution in [1.82, 2.24) is 10.6 Å². The molecule has 2 fully saturated rings. The van der Waals surface area contributed by atoms with Gasteiger partial charge in [0.15, 0.2) is 5.96 Å². The van der Waals surface area contributed by atoms with Crippen molar-refractivity contribution in [2.45, 2.75) is 32.4 Å². The van der Waals surface area contributed by atoms with Crippen molar-refractivity contribution in [2.75, 3.05) is 44.8 Å². The van der Waals surface area contributed by atoms with Gasteiger partial charge in [0.05, 0.1) is 13.2 Å². The summed E-state index contributed by atoms with van der Waals surface area (Å²) in [5, 5.41) is 6.96. The zero-order valence-corrected chi connectivity index (χ0v) is 18.6. The van der Waals surface area contributed by atoms with Crippen molar-refractivity contribution >= 4 is 11.6 Å². The summed E-state index contributed by atoms with van der Waals surface area (Å²) in [6.45, 7) is 7.32. The van der Waals surface area contributed by atoms with Crippen LogP contribution < -0.4 is 20.3 Å². The summed E-state index contributed by atoms with van der Waals surface area (Å²) in [7, 11) is 1.82. The minimum absolute atomic E-state index is 0.146. The van der Waals surface area contributed by atoms with Crippen molar-refractivity contribution in [2.24, 2.45) is 10.9 Å². The molecule has 0 bridgehead atoms. The number of aryl methyl sites for hydroxylation is 1. The Kier molecular flexibility index (Phi) is 7.30. The first-order valence-electron chi connectivity index (χ1n) is 11.3. The molecular formula is C25H34N4O2. The maximum atomic E-state index is 6.22. The van der Waals surface area contributed by atoms with E-state index in [1.807, 2.05) is 7.05 Å². The summed E-state index contributed by atoms with van der Waals surface area (Å²) in [6.07, 6.45) is 2.29. The van der Waals surface area contributed by atoms with Gasteiger partial charge in [0.1, 0.15) is 11.9 Å². The van der Waals surface area contributed by atoms with Gasteiger partial charge >= 0.3 is 0 Å². The van der Waals surface area contributed by atoms with Crippen LogP contribution in [0.2, 0.25) is 0 Å². The standard InChI is InChI=1S/C25H34N4O2/c1-19-8-9-21(24(14-19)31-23-11-13-30-18-23)16-28-25(26-2)27-15-20-10-12-29(17-20)22-6-4-3-5-7-22/h3-9,14,20,23H,10-13,15-18H2,1-2H3,(H2,26,27,28). The van der Waals surface area contributed by atoms with E-state index in [-0.39, 0.29) is 6.10 Å². The minimum atomic E-state index is 0.146. The lowest BCUT2D eigenvalue weighted by atomic mass is 10.1. The van der Waals surface area contributed by atoms with Gasteiger partial charge in [-0.05, 0) is 43.0 Å². The van der Waals surface area contributed by atoms with E-state index in [0.717, 1.165) is 49.9 Å². The first-order chi connectivity index (χ1) is 15.2. The topological polar surface area (TPSA) is 58.1 Å². The molecule has 6 nitrogen and oxygen atoms in total. The van der Waals surface area contributed by atoms with Crippen LogP contribution >= 0.6 is 0 Å². The zero-order valence-electron chi connectivity index (χ0n) is 18.6. The van der Waals surface area contributed by atoms with Gasteiger partial charge in [0.25, 0.3) is 0 Å². The predicted molar refractivity (Wildman–Crippen MR) is 126 cm³/mol. The van der Waals surface area contributed by atoms with E-state index in [0.29, 0.717) is 19.1 Å². The number of nitrogens with one attached hydrogen (secondary N) is 2. The third-order valence-electron chi connectivity index (χ3n) is 6.04. The average molecular weight is 423 g/mol. The quantitative estimate of drug-likeness (QED) is 0.529. The van der Waals surface area contributed by atoms with Gasteiger partial charge in [0, 0.05) is 50.9 Å². The Morgan fingerprint density at radius 1 is 1.16 bits per heavy atom. The summed E-state index contributed by atoms with van der Waals surface area (Å²) in [6, 6.07) is 17.0. The molecule has 2 aromatic rings. The van der Waals surface area contributed by atoms with E-state index in [1.54, 1.807) is 0 Å². The van der Waals surface area contributed by atoms with Crippen LogP contribution in [-0.2, 0) is 11.3 Å². The molecule has 31 heavy (non-hydrogen) atoms. The summed E-state index contributed by atoms with van der Waals surface area (Å²) in [5.41, 5.74) is 3.65. The largest absolute Gasteiger partial charge is 0.488 e. The number of benzene rings is 2. The molecule has 2 N–H and O–H groups in total. The van der Waals surface area contributed by atoms with Crippen molar-refractivity contribution in [3.05, 3.63) is 59.7 Å². The number of guanidine groups is 1. The lowest BCUT2D eigenvalue weighted by Gasteiger charge is -2.20. The van der Waals surface area contributed by atoms with Crippen LogP contribution in [0.1, 0.15) is 24.0 Å². The molecule has 2 heterocycles. The molecule has 0 radical (unpaired) electrons. The lowest BCUT2D eigenvalue weighted by Crippen LogP contribution is -2.40. The van der Waals surface area contributed by atoms with Gasteiger partial charge in [-0.25, -0.2) is 0 Å². The Morgan fingerprint density at radius 2 is 2.03 bits per heavy atom. The van der Waals surface area contributed by atoms with E-state index in [4.69, 9.17) is 9.47 Å². The van der Waals surface area contributed by atoms with Gasteiger partial charge in [0.2, 0.25) is 0 Å². The number of hydrogen-bond acceptors (Lipinski definition) is 4. The number of rotatable bonds is 7. The molecular weight excluding hydrogens is 388 g/mol. The second kappa shape index (κ2) is 10.5. The second-order valence-corrected chi connectivity index (χ2v) is 8.46. The Hall–Kier alpha value is -2.73. The van der Waals surface area contributed by atoms with E-state index in [1.165, 1.54) is 17.7 Å². The number of hydrogen-bond donors (Lipinski definition) is 2. The first kappa shape index (κ1) is 21.5. The van der Waals surface area contributed by atoms with E-state index in [2.05, 4.69) is 76.0 Å². The fraction of sp³-hybridized carbons (Fsp3) is 0.480. The Labute approximate surface area is 185 Å². The SMILES string of the molecule is CN=C(NCc1ccc(C)cc1OC1CCOC1)NCC1CCN(c2ccccc2)C1. The van der Waals surface area contributed by atoms with E-state index >= 15 is 0 Å². The molecule has 2 saturated heterocycles. The normalized spacial score (nSPS) is 21.4. The summed E-state index contributed by atoms with van der Waals surface area (Å²) < 4.78 is 11.7. The van der Waals surface area contributed by atoms with Gasteiger partial charge < -0.3 is 25.0 Å². The van der Waals surface area contributed by atoms with E-state index in [9.17, 15) is 0 Å². The molecule has 0 spiro atoms. The predicted octanol–water partition coefficient (Wildman–Crippen LogP) is 3.35.